The highest BCUT2D eigenvalue weighted by molar-refractivity contribution is 7.99. The number of thioether (sulfide) groups is 2. The summed E-state index contributed by atoms with van der Waals surface area (Å²) < 4.78 is 0. The molecule has 0 atom stereocenters. The lowest BCUT2D eigenvalue weighted by Crippen LogP contribution is -2.36. The number of nitrogens with zero attached hydrogens (tertiary/aromatic N) is 2. The second-order valence-corrected chi connectivity index (χ2v) is 8.13. The molecule has 0 saturated carbocycles. The highest BCUT2D eigenvalue weighted by atomic mass is 32.2. The molecule has 0 unspecified atom stereocenters. The van der Waals surface area contributed by atoms with Gasteiger partial charge >= 0.3 is 0 Å². The van der Waals surface area contributed by atoms with Crippen molar-refractivity contribution in [3.05, 3.63) is 48.2 Å². The molecule has 2 heterocycles. The molecule has 1 aromatic carbocycles. The van der Waals surface area contributed by atoms with Crippen LogP contribution in [-0.4, -0.2) is 41.9 Å². The maximum atomic E-state index is 12.5. The van der Waals surface area contributed by atoms with Crippen molar-refractivity contribution in [3.63, 3.8) is 0 Å². The van der Waals surface area contributed by atoms with E-state index in [0.29, 0.717) is 13.1 Å². The monoisotopic (exact) mass is 401 g/mol. The maximum Gasteiger partial charge on any atom is 0.227 e. The zero-order valence-electron chi connectivity index (χ0n) is 15.3. The summed E-state index contributed by atoms with van der Waals surface area (Å²) >= 11 is 3.37. The van der Waals surface area contributed by atoms with Crippen LogP contribution in [0.25, 0.3) is 0 Å². The number of aromatic nitrogens is 1. The Labute approximate surface area is 168 Å². The van der Waals surface area contributed by atoms with Gasteiger partial charge in [-0.1, -0.05) is 12.1 Å². The molecule has 142 valence electrons. The van der Waals surface area contributed by atoms with E-state index in [1.807, 2.05) is 18.4 Å². The van der Waals surface area contributed by atoms with E-state index in [4.69, 9.17) is 0 Å². The molecule has 27 heavy (non-hydrogen) atoms. The van der Waals surface area contributed by atoms with Crippen LogP contribution in [0.4, 0.5) is 5.69 Å². The molecule has 7 heteroatoms. The zero-order chi connectivity index (χ0) is 19.1. The van der Waals surface area contributed by atoms with Gasteiger partial charge in [-0.25, -0.2) is 4.98 Å². The first-order valence-corrected chi connectivity index (χ1v) is 11.2. The average Bonchev–Trinajstić information content (AvgIpc) is 2.72. The maximum absolute atomic E-state index is 12.5. The average molecular weight is 402 g/mol. The molecule has 2 aromatic rings. The van der Waals surface area contributed by atoms with Gasteiger partial charge in [-0.2, -0.15) is 0 Å². The van der Waals surface area contributed by atoms with Gasteiger partial charge in [0.1, 0.15) is 5.03 Å². The summed E-state index contributed by atoms with van der Waals surface area (Å²) in [5.41, 5.74) is 2.05. The summed E-state index contributed by atoms with van der Waals surface area (Å²) in [7, 11) is 0. The van der Waals surface area contributed by atoms with Gasteiger partial charge in [0, 0.05) is 42.8 Å². The quantitative estimate of drug-likeness (QED) is 0.721. The Hall–Kier alpha value is -1.99. The Morgan fingerprint density at radius 2 is 2.04 bits per heavy atom. The van der Waals surface area contributed by atoms with Gasteiger partial charge in [-0.05, 0) is 42.5 Å². The molecule has 0 saturated heterocycles. The third kappa shape index (κ3) is 5.49. The third-order valence-electron chi connectivity index (χ3n) is 4.36. The van der Waals surface area contributed by atoms with Gasteiger partial charge < -0.3 is 10.2 Å². The van der Waals surface area contributed by atoms with E-state index in [1.165, 1.54) is 10.5 Å². The van der Waals surface area contributed by atoms with E-state index in [0.717, 1.165) is 22.9 Å². The predicted octanol–water partition coefficient (Wildman–Crippen LogP) is 3.38. The zero-order valence-corrected chi connectivity index (χ0v) is 16.9. The number of hydrogen-bond acceptors (Lipinski definition) is 5. The van der Waals surface area contributed by atoms with Gasteiger partial charge in [0.05, 0.1) is 5.69 Å². The van der Waals surface area contributed by atoms with Crippen LogP contribution >= 0.6 is 23.5 Å². The second kappa shape index (κ2) is 9.80. The Morgan fingerprint density at radius 3 is 2.81 bits per heavy atom. The van der Waals surface area contributed by atoms with Gasteiger partial charge in [-0.3, -0.25) is 9.59 Å². The van der Waals surface area contributed by atoms with Crippen LogP contribution < -0.4 is 10.2 Å². The predicted molar refractivity (Wildman–Crippen MR) is 111 cm³/mol. The number of hydrogen-bond donors (Lipinski definition) is 1. The Kier molecular flexibility index (Phi) is 7.18. The van der Waals surface area contributed by atoms with Crippen LogP contribution in [0.5, 0.6) is 0 Å². The van der Waals surface area contributed by atoms with E-state index < -0.39 is 0 Å². The molecule has 2 amide bonds. The Balaban J connectivity index is 1.42. The molecular weight excluding hydrogens is 378 g/mol. The molecule has 3 rings (SSSR count). The van der Waals surface area contributed by atoms with E-state index >= 15 is 0 Å². The first-order chi connectivity index (χ1) is 13.2. The van der Waals surface area contributed by atoms with Crippen molar-refractivity contribution in [2.45, 2.75) is 29.2 Å². The molecule has 0 radical (unpaired) electrons. The number of amides is 2. The van der Waals surface area contributed by atoms with Crippen molar-refractivity contribution in [3.8, 4) is 0 Å². The van der Waals surface area contributed by atoms with Crippen molar-refractivity contribution in [2.75, 3.05) is 30.0 Å². The lowest BCUT2D eigenvalue weighted by molar-refractivity contribution is -0.125. The number of carbonyl (C=O) groups is 2. The summed E-state index contributed by atoms with van der Waals surface area (Å²) in [5.74, 6) is 0.728. The van der Waals surface area contributed by atoms with Gasteiger partial charge in [0.15, 0.2) is 0 Å². The first kappa shape index (κ1) is 19.8. The van der Waals surface area contributed by atoms with Gasteiger partial charge in [-0.15, -0.1) is 23.5 Å². The van der Waals surface area contributed by atoms with E-state index in [2.05, 4.69) is 34.6 Å². The lowest BCUT2D eigenvalue weighted by Gasteiger charge is -2.28. The minimum Gasteiger partial charge on any atom is -0.356 e. The topological polar surface area (TPSA) is 62.3 Å². The van der Waals surface area contributed by atoms with Crippen LogP contribution in [0.15, 0.2) is 52.5 Å². The van der Waals surface area contributed by atoms with Gasteiger partial charge in [0.2, 0.25) is 11.8 Å². The van der Waals surface area contributed by atoms with Crippen LogP contribution in [0.1, 0.15) is 18.4 Å². The smallest absolute Gasteiger partial charge is 0.227 e. The van der Waals surface area contributed by atoms with Crippen LogP contribution in [-0.2, 0) is 16.0 Å². The molecular formula is C20H23N3O2S2. The fraction of sp³-hybridized carbons (Fsp3) is 0.350. The summed E-state index contributed by atoms with van der Waals surface area (Å²) in [6, 6.07) is 12.1. The van der Waals surface area contributed by atoms with E-state index in [1.54, 1.807) is 34.6 Å². The van der Waals surface area contributed by atoms with Crippen LogP contribution in [0, 0.1) is 0 Å². The lowest BCUT2D eigenvalue weighted by atomic mass is 10.1. The van der Waals surface area contributed by atoms with Crippen molar-refractivity contribution < 1.29 is 9.59 Å². The highest BCUT2D eigenvalue weighted by Crippen LogP contribution is 2.32. The number of rotatable bonds is 7. The van der Waals surface area contributed by atoms with Crippen molar-refractivity contribution >= 4 is 41.0 Å². The number of nitrogens with one attached hydrogen (secondary N) is 1. The van der Waals surface area contributed by atoms with E-state index in [-0.39, 0.29) is 24.7 Å². The second-order valence-electron chi connectivity index (χ2n) is 6.17. The summed E-state index contributed by atoms with van der Waals surface area (Å²) in [6.45, 7) is 1.24. The minimum absolute atomic E-state index is 0.0210. The number of benzene rings is 1. The first-order valence-electron chi connectivity index (χ1n) is 8.95. The number of carbonyl (C=O) groups excluding carboxylic acids is 2. The highest BCUT2D eigenvalue weighted by Gasteiger charge is 2.23. The fourth-order valence-electron chi connectivity index (χ4n) is 2.89. The van der Waals surface area contributed by atoms with Crippen LogP contribution in [0.3, 0.4) is 0 Å². The van der Waals surface area contributed by atoms with Gasteiger partial charge in [0.25, 0.3) is 0 Å². The molecule has 1 aromatic heterocycles. The summed E-state index contributed by atoms with van der Waals surface area (Å²) in [5, 5.41) is 3.79. The van der Waals surface area contributed by atoms with Crippen molar-refractivity contribution in [1.29, 1.82) is 0 Å². The molecule has 1 N–H and O–H groups in total. The number of pyridine rings is 1. The number of fused-ring (bicyclic) bond motifs is 1. The molecule has 0 aliphatic carbocycles. The standard InChI is InChI=1S/C20H23N3O2S2/c1-26-16-6-4-15(5-7-16)10-12-21-18(24)8-9-19(25)23-13-14-27-20-17(23)3-2-11-22-20/h2-7,11H,8-10,12-14H2,1H3,(H,21,24). The van der Waals surface area contributed by atoms with Crippen LogP contribution in [0.2, 0.25) is 0 Å². The summed E-state index contributed by atoms with van der Waals surface area (Å²) in [6.07, 6.45) is 5.00. The Bertz CT molecular complexity index is 796. The Morgan fingerprint density at radius 1 is 1.22 bits per heavy atom. The molecule has 5 nitrogen and oxygen atoms in total. The minimum atomic E-state index is -0.0816. The van der Waals surface area contributed by atoms with Crippen molar-refractivity contribution in [2.24, 2.45) is 0 Å². The normalized spacial score (nSPS) is 13.1. The van der Waals surface area contributed by atoms with E-state index in [9.17, 15) is 9.59 Å². The molecule has 0 fully saturated rings. The number of anilines is 1. The largest absolute Gasteiger partial charge is 0.356 e. The molecule has 1 aliphatic heterocycles. The fourth-order valence-corrected chi connectivity index (χ4v) is 4.23. The van der Waals surface area contributed by atoms with Crippen molar-refractivity contribution in [1.82, 2.24) is 10.3 Å². The SMILES string of the molecule is CSc1ccc(CCNC(=O)CCC(=O)N2CCSc3ncccc32)cc1. The molecule has 1 aliphatic rings. The molecule has 0 bridgehead atoms. The third-order valence-corrected chi connectivity index (χ3v) is 6.08. The summed E-state index contributed by atoms with van der Waals surface area (Å²) in [4.78, 5) is 31.9. The molecule has 0 spiro atoms.